The molecule has 2 heterocycles. The van der Waals surface area contributed by atoms with E-state index in [0.717, 1.165) is 0 Å². The first-order chi connectivity index (χ1) is 7.39. The average molecular weight is 234 g/mol. The molecule has 2 atom stereocenters. The van der Waals surface area contributed by atoms with E-state index in [1.54, 1.807) is 0 Å². The summed E-state index contributed by atoms with van der Waals surface area (Å²) in [5, 5.41) is 8.87. The summed E-state index contributed by atoms with van der Waals surface area (Å²) < 4.78 is 38.9. The number of carboxylic acid groups (broad SMARTS) is 1. The lowest BCUT2D eigenvalue weighted by Gasteiger charge is -2.29. The second kappa shape index (κ2) is 3.50. The number of aliphatic carboxylic acids is 1. The lowest BCUT2D eigenvalue weighted by molar-refractivity contribution is -0.185. The van der Waals surface area contributed by atoms with Crippen LogP contribution in [0.1, 0.15) is 18.2 Å². The van der Waals surface area contributed by atoms with Crippen LogP contribution in [0.4, 0.5) is 13.2 Å². The fourth-order valence-electron chi connectivity index (χ4n) is 1.94. The van der Waals surface area contributed by atoms with Crippen molar-refractivity contribution in [2.45, 2.75) is 25.1 Å². The summed E-state index contributed by atoms with van der Waals surface area (Å²) in [4.78, 5) is 14.7. The zero-order valence-electron chi connectivity index (χ0n) is 8.11. The molecule has 0 aromatic carbocycles. The number of nitrogens with zero attached hydrogens (tertiary/aromatic N) is 2. The Morgan fingerprint density at radius 3 is 2.81 bits per heavy atom. The molecular weight excluding hydrogens is 225 g/mol. The summed E-state index contributed by atoms with van der Waals surface area (Å²) in [7, 11) is 0. The predicted octanol–water partition coefficient (Wildman–Crippen LogP) is 1.63. The molecule has 0 unspecified atom stereocenters. The molecule has 1 aromatic heterocycles. The number of hydrogen-bond acceptors (Lipinski definition) is 2. The molecule has 4 nitrogen and oxygen atoms in total. The number of alkyl halides is 3. The van der Waals surface area contributed by atoms with Crippen LogP contribution in [0.15, 0.2) is 12.4 Å². The van der Waals surface area contributed by atoms with Crippen LogP contribution in [0.25, 0.3) is 0 Å². The monoisotopic (exact) mass is 234 g/mol. The Morgan fingerprint density at radius 1 is 1.56 bits per heavy atom. The van der Waals surface area contributed by atoms with Gasteiger partial charge in [-0.05, 0) is 6.42 Å². The maximum atomic E-state index is 12.6. The largest absolute Gasteiger partial charge is 0.481 e. The fourth-order valence-corrected chi connectivity index (χ4v) is 1.94. The van der Waals surface area contributed by atoms with E-state index in [0.29, 0.717) is 0 Å². The Labute approximate surface area is 88.7 Å². The highest BCUT2D eigenvalue weighted by Gasteiger charge is 2.46. The second-order valence-electron chi connectivity index (χ2n) is 3.80. The van der Waals surface area contributed by atoms with Gasteiger partial charge in [0.1, 0.15) is 11.7 Å². The zero-order valence-corrected chi connectivity index (χ0v) is 8.11. The molecule has 7 heteroatoms. The number of carbonyl (C=O) groups is 1. The van der Waals surface area contributed by atoms with E-state index >= 15 is 0 Å². The first-order valence-electron chi connectivity index (χ1n) is 4.70. The number of halogens is 3. The van der Waals surface area contributed by atoms with Crippen molar-refractivity contribution in [1.29, 1.82) is 0 Å². The van der Waals surface area contributed by atoms with Crippen molar-refractivity contribution in [2.75, 3.05) is 0 Å². The van der Waals surface area contributed by atoms with E-state index in [4.69, 9.17) is 5.11 Å². The predicted molar refractivity (Wildman–Crippen MR) is 46.8 cm³/mol. The molecule has 0 aliphatic carbocycles. The number of imidazole rings is 1. The number of aromatic nitrogens is 2. The Bertz CT molecular complexity index is 413. The molecule has 0 saturated carbocycles. The first-order valence-corrected chi connectivity index (χ1v) is 4.70. The summed E-state index contributed by atoms with van der Waals surface area (Å²) in [6, 6.07) is 0. The van der Waals surface area contributed by atoms with Crippen LogP contribution >= 0.6 is 0 Å². The lowest BCUT2D eigenvalue weighted by atomic mass is 9.90. The third-order valence-electron chi connectivity index (χ3n) is 2.76. The average Bonchev–Trinajstić information content (AvgIpc) is 2.61. The standard InChI is InChI=1S/C9H9F3N2O2/c10-9(11,12)5-3-6(8(15)16)7-13-1-2-14(7)4-5/h1-2,5-6H,3-4H2,(H,15,16)/t5-,6+/m1/s1. The smallest absolute Gasteiger partial charge is 0.393 e. The molecule has 2 rings (SSSR count). The van der Waals surface area contributed by atoms with E-state index in [-0.39, 0.29) is 12.4 Å². The van der Waals surface area contributed by atoms with Crippen molar-refractivity contribution >= 4 is 5.97 Å². The lowest BCUT2D eigenvalue weighted by Crippen LogP contribution is -2.36. The summed E-state index contributed by atoms with van der Waals surface area (Å²) in [5.41, 5.74) is 0. The van der Waals surface area contributed by atoms with Crippen LogP contribution < -0.4 is 0 Å². The van der Waals surface area contributed by atoms with Crippen molar-refractivity contribution in [2.24, 2.45) is 5.92 Å². The van der Waals surface area contributed by atoms with Crippen molar-refractivity contribution in [3.05, 3.63) is 18.2 Å². The molecular formula is C9H9F3N2O2. The molecule has 0 fully saturated rings. The van der Waals surface area contributed by atoms with Gasteiger partial charge in [-0.2, -0.15) is 13.2 Å². The molecule has 1 aliphatic heterocycles. The van der Waals surface area contributed by atoms with E-state index in [1.807, 2.05) is 0 Å². The minimum atomic E-state index is -4.37. The van der Waals surface area contributed by atoms with Crippen molar-refractivity contribution in [3.63, 3.8) is 0 Å². The molecule has 0 radical (unpaired) electrons. The van der Waals surface area contributed by atoms with Gasteiger partial charge in [-0.3, -0.25) is 4.79 Å². The van der Waals surface area contributed by atoms with Crippen LogP contribution in [-0.2, 0) is 11.3 Å². The van der Waals surface area contributed by atoms with Gasteiger partial charge in [-0.1, -0.05) is 0 Å². The Hall–Kier alpha value is -1.53. The van der Waals surface area contributed by atoms with Crippen molar-refractivity contribution in [1.82, 2.24) is 9.55 Å². The zero-order chi connectivity index (χ0) is 11.9. The van der Waals surface area contributed by atoms with E-state index < -0.39 is 30.4 Å². The fraction of sp³-hybridized carbons (Fsp3) is 0.556. The normalized spacial score (nSPS) is 25.2. The van der Waals surface area contributed by atoms with E-state index in [1.165, 1.54) is 17.0 Å². The molecule has 0 bridgehead atoms. The Morgan fingerprint density at radius 2 is 2.25 bits per heavy atom. The molecule has 0 spiro atoms. The SMILES string of the molecule is O=C(O)[C@H]1C[C@@H](C(F)(F)F)Cn2ccnc21. The highest BCUT2D eigenvalue weighted by molar-refractivity contribution is 5.75. The van der Waals surface area contributed by atoms with Gasteiger partial charge in [-0.15, -0.1) is 0 Å². The highest BCUT2D eigenvalue weighted by atomic mass is 19.4. The molecule has 88 valence electrons. The number of hydrogen-bond donors (Lipinski definition) is 1. The van der Waals surface area contributed by atoms with Crippen molar-refractivity contribution < 1.29 is 23.1 Å². The molecule has 0 saturated heterocycles. The van der Waals surface area contributed by atoms with Crippen LogP contribution in [0.3, 0.4) is 0 Å². The topological polar surface area (TPSA) is 55.1 Å². The van der Waals surface area contributed by atoms with Gasteiger partial charge < -0.3 is 9.67 Å². The van der Waals surface area contributed by atoms with Gasteiger partial charge in [0, 0.05) is 18.9 Å². The van der Waals surface area contributed by atoms with E-state index in [9.17, 15) is 18.0 Å². The third kappa shape index (κ3) is 1.77. The minimum absolute atomic E-state index is 0.202. The van der Waals surface area contributed by atoms with Gasteiger partial charge in [0.15, 0.2) is 0 Å². The molecule has 0 amide bonds. The number of fused-ring (bicyclic) bond motifs is 1. The van der Waals surface area contributed by atoms with Gasteiger partial charge in [0.2, 0.25) is 0 Å². The van der Waals surface area contributed by atoms with Crippen LogP contribution in [0, 0.1) is 5.92 Å². The molecule has 1 aliphatic rings. The third-order valence-corrected chi connectivity index (χ3v) is 2.76. The maximum absolute atomic E-state index is 12.6. The van der Waals surface area contributed by atoms with Gasteiger partial charge in [-0.25, -0.2) is 4.98 Å². The van der Waals surface area contributed by atoms with E-state index in [2.05, 4.69) is 4.98 Å². The van der Waals surface area contributed by atoms with Gasteiger partial charge in [0.05, 0.1) is 5.92 Å². The number of rotatable bonds is 1. The highest BCUT2D eigenvalue weighted by Crippen LogP contribution is 2.39. The Kier molecular flexibility index (Phi) is 2.40. The van der Waals surface area contributed by atoms with Crippen LogP contribution in [0.2, 0.25) is 0 Å². The van der Waals surface area contributed by atoms with Crippen LogP contribution in [0.5, 0.6) is 0 Å². The molecule has 1 N–H and O–H groups in total. The second-order valence-corrected chi connectivity index (χ2v) is 3.80. The van der Waals surface area contributed by atoms with Gasteiger partial charge in [0.25, 0.3) is 0 Å². The van der Waals surface area contributed by atoms with Crippen LogP contribution in [-0.4, -0.2) is 26.8 Å². The summed E-state index contributed by atoms with van der Waals surface area (Å²) in [5.74, 6) is -3.85. The number of carboxylic acids is 1. The quantitative estimate of drug-likeness (QED) is 0.803. The summed E-state index contributed by atoms with van der Waals surface area (Å²) in [6.45, 7) is -0.247. The maximum Gasteiger partial charge on any atom is 0.393 e. The first kappa shape index (κ1) is 11.0. The minimum Gasteiger partial charge on any atom is -0.481 e. The molecule has 1 aromatic rings. The van der Waals surface area contributed by atoms with Crippen molar-refractivity contribution in [3.8, 4) is 0 Å². The van der Waals surface area contributed by atoms with Gasteiger partial charge >= 0.3 is 12.1 Å². The molecule has 16 heavy (non-hydrogen) atoms. The summed E-state index contributed by atoms with van der Waals surface area (Å²) in [6.07, 6.45) is -2.10. The Balaban J connectivity index is 2.34. The summed E-state index contributed by atoms with van der Waals surface area (Å²) >= 11 is 0.